The first-order valence-corrected chi connectivity index (χ1v) is 4.31. The molecule has 4 nitrogen and oxygen atoms in total. The Morgan fingerprint density at radius 3 is 2.92 bits per heavy atom. The molecule has 4 heteroatoms. The zero-order valence-corrected chi connectivity index (χ0v) is 7.94. The lowest BCUT2D eigenvalue weighted by molar-refractivity contribution is 0.669. The van der Waals surface area contributed by atoms with Crippen molar-refractivity contribution in [3.05, 3.63) is 18.2 Å². The van der Waals surface area contributed by atoms with Gasteiger partial charge in [0.15, 0.2) is 0 Å². The highest BCUT2D eigenvalue weighted by molar-refractivity contribution is 5.02. The minimum absolute atomic E-state index is 0.112. The van der Waals surface area contributed by atoms with Crippen molar-refractivity contribution in [1.29, 1.82) is 5.26 Å². The summed E-state index contributed by atoms with van der Waals surface area (Å²) in [5.74, 6) is 0. The van der Waals surface area contributed by atoms with Crippen LogP contribution in [-0.2, 0) is 6.42 Å². The van der Waals surface area contributed by atoms with Gasteiger partial charge in [-0.1, -0.05) is 0 Å². The summed E-state index contributed by atoms with van der Waals surface area (Å²) >= 11 is 0. The number of nitrogens with two attached hydrogens (primary N) is 1. The van der Waals surface area contributed by atoms with Gasteiger partial charge in [-0.15, -0.1) is 0 Å². The Morgan fingerprint density at radius 2 is 2.38 bits per heavy atom. The predicted octanol–water partition coefficient (Wildman–Crippen LogP) is 0.857. The number of aromatic nitrogens is 2. The van der Waals surface area contributed by atoms with Crippen molar-refractivity contribution in [2.75, 3.05) is 0 Å². The van der Waals surface area contributed by atoms with E-state index in [-0.39, 0.29) is 12.1 Å². The summed E-state index contributed by atoms with van der Waals surface area (Å²) in [7, 11) is 0. The van der Waals surface area contributed by atoms with E-state index in [1.807, 2.05) is 20.0 Å². The summed E-state index contributed by atoms with van der Waals surface area (Å²) in [6.45, 7) is 3.77. The van der Waals surface area contributed by atoms with Gasteiger partial charge < -0.3 is 10.3 Å². The van der Waals surface area contributed by atoms with Crippen LogP contribution in [0.15, 0.2) is 12.5 Å². The topological polar surface area (TPSA) is 67.6 Å². The third-order valence-electron chi connectivity index (χ3n) is 1.82. The van der Waals surface area contributed by atoms with Crippen molar-refractivity contribution < 1.29 is 0 Å². The Bertz CT molecular complexity index is 308. The van der Waals surface area contributed by atoms with Crippen LogP contribution in [0.2, 0.25) is 0 Å². The molecule has 1 aromatic heterocycles. The van der Waals surface area contributed by atoms with Crippen molar-refractivity contribution in [1.82, 2.24) is 9.55 Å². The maximum atomic E-state index is 8.66. The van der Waals surface area contributed by atoms with Crippen LogP contribution in [0.25, 0.3) is 0 Å². The molecule has 0 bridgehead atoms. The van der Waals surface area contributed by atoms with Crippen molar-refractivity contribution in [2.24, 2.45) is 5.73 Å². The molecule has 0 saturated heterocycles. The molecule has 2 N–H and O–H groups in total. The first-order chi connectivity index (χ1) is 6.13. The molecule has 0 saturated carbocycles. The van der Waals surface area contributed by atoms with E-state index < -0.39 is 0 Å². The van der Waals surface area contributed by atoms with Crippen molar-refractivity contribution in [2.45, 2.75) is 32.4 Å². The van der Waals surface area contributed by atoms with Crippen LogP contribution in [0.3, 0.4) is 0 Å². The summed E-state index contributed by atoms with van der Waals surface area (Å²) in [4.78, 5) is 4.16. The molecule has 0 aromatic carbocycles. The molecule has 0 fully saturated rings. The Labute approximate surface area is 78.0 Å². The van der Waals surface area contributed by atoms with Gasteiger partial charge in [0.2, 0.25) is 0 Å². The van der Waals surface area contributed by atoms with Crippen LogP contribution >= 0.6 is 0 Å². The number of imidazole rings is 1. The standard InChI is InChI=1S/C9H14N4/c1-7(11)3-9-5-13(6-12-9)8(2)4-10/h5-8H,3,11H2,1-2H3. The normalized spacial score (nSPS) is 14.9. The second-order valence-corrected chi connectivity index (χ2v) is 3.30. The van der Waals surface area contributed by atoms with Gasteiger partial charge in [0.1, 0.15) is 6.04 Å². The van der Waals surface area contributed by atoms with Gasteiger partial charge >= 0.3 is 0 Å². The number of nitrogens with zero attached hydrogens (tertiary/aromatic N) is 3. The smallest absolute Gasteiger partial charge is 0.119 e. The number of rotatable bonds is 3. The lowest BCUT2D eigenvalue weighted by atomic mass is 10.2. The molecule has 0 amide bonds. The average Bonchev–Trinajstić information content (AvgIpc) is 2.50. The highest BCUT2D eigenvalue weighted by Crippen LogP contribution is 2.06. The van der Waals surface area contributed by atoms with Gasteiger partial charge in [0, 0.05) is 18.7 Å². The fourth-order valence-electron chi connectivity index (χ4n) is 1.09. The number of hydrogen-bond acceptors (Lipinski definition) is 3. The molecule has 2 atom stereocenters. The van der Waals surface area contributed by atoms with Crippen LogP contribution < -0.4 is 5.73 Å². The summed E-state index contributed by atoms with van der Waals surface area (Å²) in [5, 5.41) is 8.66. The van der Waals surface area contributed by atoms with Crippen LogP contribution in [0.1, 0.15) is 25.6 Å². The highest BCUT2D eigenvalue weighted by atomic mass is 15.1. The largest absolute Gasteiger partial charge is 0.328 e. The predicted molar refractivity (Wildman–Crippen MR) is 49.9 cm³/mol. The van der Waals surface area contributed by atoms with Gasteiger partial charge in [-0.25, -0.2) is 4.98 Å². The van der Waals surface area contributed by atoms with Gasteiger partial charge in [-0.3, -0.25) is 0 Å². The van der Waals surface area contributed by atoms with Crippen molar-refractivity contribution in [3.8, 4) is 6.07 Å². The molecule has 13 heavy (non-hydrogen) atoms. The summed E-state index contributed by atoms with van der Waals surface area (Å²) in [6, 6.07) is 2.09. The Balaban J connectivity index is 2.70. The van der Waals surface area contributed by atoms with Crippen molar-refractivity contribution in [3.63, 3.8) is 0 Å². The van der Waals surface area contributed by atoms with E-state index in [0.717, 1.165) is 12.1 Å². The third-order valence-corrected chi connectivity index (χ3v) is 1.82. The van der Waals surface area contributed by atoms with Gasteiger partial charge in [0.05, 0.1) is 18.1 Å². The molecule has 1 rings (SSSR count). The van der Waals surface area contributed by atoms with E-state index in [1.165, 1.54) is 0 Å². The molecule has 0 aliphatic rings. The zero-order chi connectivity index (χ0) is 9.84. The maximum Gasteiger partial charge on any atom is 0.119 e. The van der Waals surface area contributed by atoms with E-state index in [0.29, 0.717) is 0 Å². The second kappa shape index (κ2) is 4.06. The second-order valence-electron chi connectivity index (χ2n) is 3.30. The lowest BCUT2D eigenvalue weighted by Crippen LogP contribution is -2.17. The molecule has 2 unspecified atom stereocenters. The Kier molecular flexibility index (Phi) is 3.04. The average molecular weight is 178 g/mol. The fraction of sp³-hybridized carbons (Fsp3) is 0.556. The minimum atomic E-state index is -0.158. The molecule has 0 aliphatic carbocycles. The number of nitriles is 1. The van der Waals surface area contributed by atoms with Gasteiger partial charge in [-0.05, 0) is 13.8 Å². The van der Waals surface area contributed by atoms with Gasteiger partial charge in [0.25, 0.3) is 0 Å². The van der Waals surface area contributed by atoms with Crippen LogP contribution in [0.4, 0.5) is 0 Å². The molecule has 0 aliphatic heterocycles. The fourth-order valence-corrected chi connectivity index (χ4v) is 1.09. The van der Waals surface area contributed by atoms with E-state index in [4.69, 9.17) is 11.0 Å². The monoisotopic (exact) mass is 178 g/mol. The zero-order valence-electron chi connectivity index (χ0n) is 7.94. The highest BCUT2D eigenvalue weighted by Gasteiger charge is 2.05. The van der Waals surface area contributed by atoms with E-state index in [2.05, 4.69) is 11.1 Å². The Morgan fingerprint density at radius 1 is 1.69 bits per heavy atom. The number of hydrogen-bond donors (Lipinski definition) is 1. The summed E-state index contributed by atoms with van der Waals surface area (Å²) in [5.41, 5.74) is 6.57. The first kappa shape index (κ1) is 9.75. The Hall–Kier alpha value is -1.34. The van der Waals surface area contributed by atoms with E-state index in [1.54, 1.807) is 10.9 Å². The summed E-state index contributed by atoms with van der Waals surface area (Å²) < 4.78 is 1.79. The SMILES string of the molecule is CC(N)Cc1cn(C(C)C#N)cn1. The quantitative estimate of drug-likeness (QED) is 0.746. The van der Waals surface area contributed by atoms with E-state index >= 15 is 0 Å². The van der Waals surface area contributed by atoms with E-state index in [9.17, 15) is 0 Å². The molecule has 0 spiro atoms. The minimum Gasteiger partial charge on any atom is -0.328 e. The lowest BCUT2D eigenvalue weighted by Gasteiger charge is -2.02. The molecule has 70 valence electrons. The van der Waals surface area contributed by atoms with Crippen LogP contribution in [-0.4, -0.2) is 15.6 Å². The summed E-state index contributed by atoms with van der Waals surface area (Å²) in [6.07, 6.45) is 4.30. The van der Waals surface area contributed by atoms with Crippen LogP contribution in [0, 0.1) is 11.3 Å². The molecule has 1 aromatic rings. The maximum absolute atomic E-state index is 8.66. The molecule has 1 heterocycles. The molecular formula is C9H14N4. The first-order valence-electron chi connectivity index (χ1n) is 4.31. The molecular weight excluding hydrogens is 164 g/mol. The van der Waals surface area contributed by atoms with Crippen LogP contribution in [0.5, 0.6) is 0 Å². The third kappa shape index (κ3) is 2.56. The van der Waals surface area contributed by atoms with Crippen molar-refractivity contribution >= 4 is 0 Å². The van der Waals surface area contributed by atoms with Gasteiger partial charge in [-0.2, -0.15) is 5.26 Å². The molecule has 0 radical (unpaired) electrons.